The molecule has 2 heterocycles. The number of hydrogen-bond acceptors (Lipinski definition) is 2. The number of halogens is 1. The van der Waals surface area contributed by atoms with Gasteiger partial charge in [-0.25, -0.2) is 4.98 Å². The Labute approximate surface area is 145 Å². The molecule has 1 aliphatic rings. The van der Waals surface area contributed by atoms with Gasteiger partial charge in [-0.15, -0.1) is 0 Å². The number of carbonyl (C=O) groups is 1. The topological polar surface area (TPSA) is 33.2 Å². The molecule has 1 fully saturated rings. The molecule has 4 heteroatoms. The van der Waals surface area contributed by atoms with Gasteiger partial charge in [0, 0.05) is 29.1 Å². The van der Waals surface area contributed by atoms with E-state index in [2.05, 4.69) is 0 Å². The number of benzene rings is 2. The number of carbonyl (C=O) groups excluding carboxylic acids is 1. The van der Waals surface area contributed by atoms with Crippen LogP contribution in [0.3, 0.4) is 0 Å². The maximum Gasteiger partial charge on any atom is 0.254 e. The van der Waals surface area contributed by atoms with E-state index in [4.69, 9.17) is 16.6 Å². The fourth-order valence-corrected chi connectivity index (χ4v) is 3.39. The first-order valence-corrected chi connectivity index (χ1v) is 8.55. The van der Waals surface area contributed by atoms with Crippen molar-refractivity contribution in [1.29, 1.82) is 0 Å². The van der Waals surface area contributed by atoms with Gasteiger partial charge in [0.05, 0.1) is 16.8 Å². The minimum atomic E-state index is 0.0688. The number of rotatable bonds is 2. The van der Waals surface area contributed by atoms with Gasteiger partial charge in [0.2, 0.25) is 0 Å². The highest BCUT2D eigenvalue weighted by molar-refractivity contribution is 6.31. The summed E-state index contributed by atoms with van der Waals surface area (Å²) in [5.74, 6) is 0.0688. The van der Waals surface area contributed by atoms with Gasteiger partial charge in [0.15, 0.2) is 0 Å². The van der Waals surface area contributed by atoms with Crippen LogP contribution in [0, 0.1) is 0 Å². The molecule has 0 saturated carbocycles. The fraction of sp³-hybridized carbons (Fsp3) is 0.200. The molecule has 2 aromatic carbocycles. The van der Waals surface area contributed by atoms with E-state index in [0.717, 1.165) is 48.1 Å². The molecule has 1 amide bonds. The van der Waals surface area contributed by atoms with E-state index in [1.807, 2.05) is 59.5 Å². The largest absolute Gasteiger partial charge is 0.339 e. The lowest BCUT2D eigenvalue weighted by Gasteiger charge is -2.17. The first-order valence-electron chi connectivity index (χ1n) is 8.17. The van der Waals surface area contributed by atoms with Crippen molar-refractivity contribution in [2.45, 2.75) is 12.8 Å². The Balaban J connectivity index is 1.91. The molecule has 3 aromatic rings. The third-order valence-corrected chi connectivity index (χ3v) is 4.70. The molecule has 0 N–H and O–H groups in total. The van der Waals surface area contributed by atoms with E-state index in [9.17, 15) is 4.79 Å². The van der Waals surface area contributed by atoms with Crippen molar-refractivity contribution in [3.05, 3.63) is 65.2 Å². The third kappa shape index (κ3) is 2.76. The van der Waals surface area contributed by atoms with Crippen LogP contribution in [0.4, 0.5) is 0 Å². The lowest BCUT2D eigenvalue weighted by atomic mass is 10.0. The van der Waals surface area contributed by atoms with E-state index in [1.54, 1.807) is 0 Å². The minimum absolute atomic E-state index is 0.0688. The summed E-state index contributed by atoms with van der Waals surface area (Å²) in [6.07, 6.45) is 2.14. The van der Waals surface area contributed by atoms with Crippen LogP contribution in [0.25, 0.3) is 22.2 Å². The highest BCUT2D eigenvalue weighted by Gasteiger charge is 2.22. The van der Waals surface area contributed by atoms with Crippen LogP contribution < -0.4 is 0 Å². The first-order chi connectivity index (χ1) is 11.7. The Morgan fingerprint density at radius 2 is 1.75 bits per heavy atom. The van der Waals surface area contributed by atoms with E-state index in [0.29, 0.717) is 10.6 Å². The molecule has 120 valence electrons. The van der Waals surface area contributed by atoms with Crippen LogP contribution in [0.15, 0.2) is 54.6 Å². The summed E-state index contributed by atoms with van der Waals surface area (Å²) >= 11 is 6.16. The Bertz CT molecular complexity index is 902. The van der Waals surface area contributed by atoms with Crippen LogP contribution in [-0.4, -0.2) is 28.9 Å². The van der Waals surface area contributed by atoms with Crippen molar-refractivity contribution in [3.8, 4) is 11.3 Å². The average molecular weight is 337 g/mol. The first kappa shape index (κ1) is 15.2. The molecule has 0 radical (unpaired) electrons. The second-order valence-corrected chi connectivity index (χ2v) is 6.52. The van der Waals surface area contributed by atoms with Gasteiger partial charge in [-0.2, -0.15) is 0 Å². The van der Waals surface area contributed by atoms with Gasteiger partial charge in [-0.05, 0) is 37.1 Å². The van der Waals surface area contributed by atoms with Crippen molar-refractivity contribution < 1.29 is 4.79 Å². The van der Waals surface area contributed by atoms with Crippen molar-refractivity contribution in [2.75, 3.05) is 13.1 Å². The number of likely N-dealkylation sites (tertiary alicyclic amines) is 1. The molecular weight excluding hydrogens is 320 g/mol. The quantitative estimate of drug-likeness (QED) is 0.674. The van der Waals surface area contributed by atoms with Gasteiger partial charge in [-0.3, -0.25) is 4.79 Å². The Morgan fingerprint density at radius 1 is 1.00 bits per heavy atom. The molecule has 0 aliphatic carbocycles. The summed E-state index contributed by atoms with van der Waals surface area (Å²) < 4.78 is 0. The van der Waals surface area contributed by atoms with Crippen molar-refractivity contribution in [2.24, 2.45) is 0 Å². The van der Waals surface area contributed by atoms with Gasteiger partial charge < -0.3 is 4.90 Å². The van der Waals surface area contributed by atoms with Crippen LogP contribution >= 0.6 is 11.6 Å². The molecule has 3 nitrogen and oxygen atoms in total. The third-order valence-electron chi connectivity index (χ3n) is 4.46. The van der Waals surface area contributed by atoms with Gasteiger partial charge >= 0.3 is 0 Å². The molecule has 1 saturated heterocycles. The summed E-state index contributed by atoms with van der Waals surface area (Å²) in [5.41, 5.74) is 3.30. The number of amides is 1. The second kappa shape index (κ2) is 6.25. The molecule has 24 heavy (non-hydrogen) atoms. The second-order valence-electron chi connectivity index (χ2n) is 6.08. The normalized spacial score (nSPS) is 14.3. The van der Waals surface area contributed by atoms with E-state index < -0.39 is 0 Å². The highest BCUT2D eigenvalue weighted by Crippen LogP contribution is 2.28. The van der Waals surface area contributed by atoms with Crippen LogP contribution in [0.1, 0.15) is 23.2 Å². The van der Waals surface area contributed by atoms with Crippen molar-refractivity contribution >= 4 is 28.4 Å². The van der Waals surface area contributed by atoms with Crippen LogP contribution in [0.5, 0.6) is 0 Å². The number of hydrogen-bond donors (Lipinski definition) is 0. The number of aromatic nitrogens is 1. The number of fused-ring (bicyclic) bond motifs is 1. The predicted molar refractivity (Wildman–Crippen MR) is 97.3 cm³/mol. The Hall–Kier alpha value is -2.39. The van der Waals surface area contributed by atoms with Crippen molar-refractivity contribution in [3.63, 3.8) is 0 Å². The number of pyridine rings is 1. The monoisotopic (exact) mass is 336 g/mol. The Kier molecular flexibility index (Phi) is 3.95. The number of nitrogens with zero attached hydrogens (tertiary/aromatic N) is 2. The zero-order chi connectivity index (χ0) is 16.5. The van der Waals surface area contributed by atoms with E-state index in [-0.39, 0.29) is 5.91 Å². The molecule has 1 aliphatic heterocycles. The minimum Gasteiger partial charge on any atom is -0.339 e. The molecule has 0 unspecified atom stereocenters. The zero-order valence-corrected chi connectivity index (χ0v) is 14.0. The molecule has 0 atom stereocenters. The standard InChI is InChI=1S/C20H17ClN2O/c21-15-8-9-18-16(12-15)17(20(24)23-10-4-5-11-23)13-19(22-18)14-6-2-1-3-7-14/h1-3,6-9,12-13H,4-5,10-11H2. The summed E-state index contributed by atoms with van der Waals surface area (Å²) in [5, 5.41) is 1.44. The zero-order valence-electron chi connectivity index (χ0n) is 13.2. The Morgan fingerprint density at radius 3 is 2.50 bits per heavy atom. The predicted octanol–water partition coefficient (Wildman–Crippen LogP) is 4.79. The lowest BCUT2D eigenvalue weighted by Crippen LogP contribution is -2.27. The summed E-state index contributed by atoms with van der Waals surface area (Å²) in [7, 11) is 0. The average Bonchev–Trinajstić information content (AvgIpc) is 3.15. The molecular formula is C20H17ClN2O. The van der Waals surface area contributed by atoms with Gasteiger partial charge in [0.1, 0.15) is 0 Å². The van der Waals surface area contributed by atoms with E-state index >= 15 is 0 Å². The van der Waals surface area contributed by atoms with Crippen LogP contribution in [0.2, 0.25) is 5.02 Å². The van der Waals surface area contributed by atoms with E-state index in [1.165, 1.54) is 0 Å². The van der Waals surface area contributed by atoms with Gasteiger partial charge in [0.25, 0.3) is 5.91 Å². The smallest absolute Gasteiger partial charge is 0.254 e. The summed E-state index contributed by atoms with van der Waals surface area (Å²) in [4.78, 5) is 19.7. The molecule has 0 spiro atoms. The van der Waals surface area contributed by atoms with Crippen LogP contribution in [-0.2, 0) is 0 Å². The van der Waals surface area contributed by atoms with Gasteiger partial charge in [-0.1, -0.05) is 41.9 Å². The molecule has 1 aromatic heterocycles. The maximum atomic E-state index is 13.0. The SMILES string of the molecule is O=C(c1cc(-c2ccccc2)nc2ccc(Cl)cc12)N1CCCC1. The summed E-state index contributed by atoms with van der Waals surface area (Å²) in [6, 6.07) is 17.4. The molecule has 4 rings (SSSR count). The maximum absolute atomic E-state index is 13.0. The van der Waals surface area contributed by atoms with Crippen molar-refractivity contribution in [1.82, 2.24) is 9.88 Å². The highest BCUT2D eigenvalue weighted by atomic mass is 35.5. The summed E-state index contributed by atoms with van der Waals surface area (Å²) in [6.45, 7) is 1.65. The lowest BCUT2D eigenvalue weighted by molar-refractivity contribution is 0.0794. The molecule has 0 bridgehead atoms. The fourth-order valence-electron chi connectivity index (χ4n) is 3.22.